The Kier molecular flexibility index (Phi) is 5.67. The number of fused-ring (bicyclic) bond motifs is 1. The number of benzene rings is 1. The molecule has 0 saturated heterocycles. The molecule has 1 atom stereocenters. The predicted octanol–water partition coefficient (Wildman–Crippen LogP) is 4.93. The first-order valence-corrected chi connectivity index (χ1v) is 12.1. The maximum atomic E-state index is 15.1. The minimum absolute atomic E-state index is 0.0166. The Bertz CT molecular complexity index is 1670. The topological polar surface area (TPSA) is 87.7 Å². The van der Waals surface area contributed by atoms with Crippen molar-refractivity contribution in [1.82, 2.24) is 29.3 Å². The molecular formula is C26H22F4N6O2. The van der Waals surface area contributed by atoms with Gasteiger partial charge in [0.15, 0.2) is 11.3 Å². The number of alkyl halides is 3. The van der Waals surface area contributed by atoms with E-state index in [1.165, 1.54) is 11.6 Å². The molecule has 196 valence electrons. The number of aromatic nitrogens is 6. The van der Waals surface area contributed by atoms with Crippen molar-refractivity contribution in [2.45, 2.75) is 44.5 Å². The van der Waals surface area contributed by atoms with Gasteiger partial charge < -0.3 is 4.74 Å². The van der Waals surface area contributed by atoms with Crippen LogP contribution in [-0.2, 0) is 18.0 Å². The summed E-state index contributed by atoms with van der Waals surface area (Å²) in [5.74, 6) is -0.639. The Balaban J connectivity index is 1.51. The Morgan fingerprint density at radius 1 is 1.11 bits per heavy atom. The average molecular weight is 526 g/mol. The highest BCUT2D eigenvalue weighted by Crippen LogP contribution is 2.37. The zero-order valence-electron chi connectivity index (χ0n) is 20.5. The molecule has 3 aromatic heterocycles. The standard InChI is InChI=1S/C26H22F4N6O2/c1-13-32-22-21(18-6-3-16(10-19(18)27)26(28,29)30)33-24(34-23(22)25(37)35(13)2)14-7-8-38-20(9-14)15-11-31-36(12-15)17-4-5-17/h3,6,9-12,17,20H,4-5,7-8H2,1-2H3/t20-/m1/s1. The lowest BCUT2D eigenvalue weighted by Gasteiger charge is -2.21. The van der Waals surface area contributed by atoms with E-state index >= 15 is 4.39 Å². The van der Waals surface area contributed by atoms with E-state index in [0.717, 1.165) is 30.5 Å². The van der Waals surface area contributed by atoms with E-state index in [0.29, 0.717) is 36.5 Å². The molecule has 1 aliphatic heterocycles. The summed E-state index contributed by atoms with van der Waals surface area (Å²) in [6, 6.07) is 2.61. The molecule has 1 saturated carbocycles. The summed E-state index contributed by atoms with van der Waals surface area (Å²) in [7, 11) is 1.53. The first-order valence-electron chi connectivity index (χ1n) is 12.1. The van der Waals surface area contributed by atoms with E-state index < -0.39 is 29.2 Å². The molecule has 1 fully saturated rings. The summed E-state index contributed by atoms with van der Waals surface area (Å²) in [6.45, 7) is 1.94. The van der Waals surface area contributed by atoms with Gasteiger partial charge in [-0.05, 0) is 56.0 Å². The van der Waals surface area contributed by atoms with Crippen LogP contribution in [-0.4, -0.2) is 35.9 Å². The van der Waals surface area contributed by atoms with Crippen LogP contribution in [0, 0.1) is 12.7 Å². The normalized spacial score (nSPS) is 18.2. The van der Waals surface area contributed by atoms with E-state index in [1.807, 2.05) is 17.0 Å². The third kappa shape index (κ3) is 4.28. The van der Waals surface area contributed by atoms with Crippen molar-refractivity contribution < 1.29 is 22.3 Å². The fourth-order valence-corrected chi connectivity index (χ4v) is 4.49. The lowest BCUT2D eigenvalue weighted by atomic mass is 10.0. The van der Waals surface area contributed by atoms with Gasteiger partial charge in [-0.1, -0.05) is 0 Å². The van der Waals surface area contributed by atoms with Crippen molar-refractivity contribution in [1.29, 1.82) is 0 Å². The number of hydrogen-bond acceptors (Lipinski definition) is 6. The molecule has 12 heteroatoms. The van der Waals surface area contributed by atoms with Crippen LogP contribution in [0.1, 0.15) is 54.2 Å². The third-order valence-electron chi connectivity index (χ3n) is 6.88. The van der Waals surface area contributed by atoms with E-state index in [9.17, 15) is 18.0 Å². The van der Waals surface area contributed by atoms with Crippen LogP contribution < -0.4 is 5.56 Å². The summed E-state index contributed by atoms with van der Waals surface area (Å²) < 4.78 is 63.7. The quantitative estimate of drug-likeness (QED) is 0.351. The number of aryl methyl sites for hydroxylation is 1. The van der Waals surface area contributed by atoms with Crippen LogP contribution >= 0.6 is 0 Å². The largest absolute Gasteiger partial charge is 0.416 e. The maximum Gasteiger partial charge on any atom is 0.416 e. The van der Waals surface area contributed by atoms with E-state index in [-0.39, 0.29) is 28.1 Å². The summed E-state index contributed by atoms with van der Waals surface area (Å²) in [6.07, 6.45) is 2.98. The van der Waals surface area contributed by atoms with E-state index in [4.69, 9.17) is 4.74 Å². The number of halogens is 4. The molecule has 38 heavy (non-hydrogen) atoms. The van der Waals surface area contributed by atoms with Crippen LogP contribution in [0.4, 0.5) is 17.6 Å². The smallest absolute Gasteiger partial charge is 0.369 e. The molecule has 0 unspecified atom stereocenters. The Morgan fingerprint density at radius 3 is 2.61 bits per heavy atom. The molecule has 0 amide bonds. The first kappa shape index (κ1) is 24.4. The van der Waals surface area contributed by atoms with Crippen molar-refractivity contribution in [2.75, 3.05) is 6.61 Å². The molecule has 4 aromatic rings. The second-order valence-corrected chi connectivity index (χ2v) is 9.53. The number of ether oxygens (including phenoxy) is 1. The van der Waals surface area contributed by atoms with Crippen LogP contribution in [0.5, 0.6) is 0 Å². The van der Waals surface area contributed by atoms with Gasteiger partial charge in [0.1, 0.15) is 29.0 Å². The summed E-state index contributed by atoms with van der Waals surface area (Å²) in [5, 5.41) is 4.41. The predicted molar refractivity (Wildman–Crippen MR) is 129 cm³/mol. The Morgan fingerprint density at radius 2 is 1.89 bits per heavy atom. The molecule has 0 bridgehead atoms. The van der Waals surface area contributed by atoms with Crippen LogP contribution in [0.25, 0.3) is 27.9 Å². The lowest BCUT2D eigenvalue weighted by molar-refractivity contribution is -0.137. The number of hydrogen-bond donors (Lipinski definition) is 0. The molecule has 6 rings (SSSR count). The van der Waals surface area contributed by atoms with Gasteiger partial charge in [-0.3, -0.25) is 14.0 Å². The van der Waals surface area contributed by atoms with Gasteiger partial charge in [-0.25, -0.2) is 19.3 Å². The van der Waals surface area contributed by atoms with Gasteiger partial charge in [-0.15, -0.1) is 0 Å². The second kappa shape index (κ2) is 8.83. The molecule has 8 nitrogen and oxygen atoms in total. The highest BCUT2D eigenvalue weighted by molar-refractivity contribution is 5.90. The van der Waals surface area contributed by atoms with Gasteiger partial charge in [0.05, 0.1) is 24.4 Å². The first-order chi connectivity index (χ1) is 18.1. The monoisotopic (exact) mass is 526 g/mol. The second-order valence-electron chi connectivity index (χ2n) is 9.53. The molecule has 2 aliphatic rings. The molecule has 1 aromatic carbocycles. The summed E-state index contributed by atoms with van der Waals surface area (Å²) in [5.41, 5.74) is -0.371. The van der Waals surface area contributed by atoms with Crippen molar-refractivity contribution in [2.24, 2.45) is 7.05 Å². The van der Waals surface area contributed by atoms with Crippen molar-refractivity contribution >= 4 is 16.6 Å². The van der Waals surface area contributed by atoms with E-state index in [2.05, 4.69) is 20.1 Å². The van der Waals surface area contributed by atoms with Gasteiger partial charge in [-0.2, -0.15) is 18.3 Å². The fraction of sp³-hybridized carbons (Fsp3) is 0.346. The zero-order valence-corrected chi connectivity index (χ0v) is 20.5. The molecule has 0 radical (unpaired) electrons. The fourth-order valence-electron chi connectivity index (χ4n) is 4.49. The Hall–Kier alpha value is -3.93. The Labute approximate surface area is 213 Å². The SMILES string of the molecule is Cc1nc2c(-c3ccc(C(F)(F)F)cc3F)nc(C3=C[C@H](c4cnn(C5CC5)c4)OCC3)nc2c(=O)n1C. The molecule has 0 spiro atoms. The van der Waals surface area contributed by atoms with Gasteiger partial charge in [0.25, 0.3) is 5.56 Å². The molecular weight excluding hydrogens is 504 g/mol. The minimum atomic E-state index is -4.71. The summed E-state index contributed by atoms with van der Waals surface area (Å²) in [4.78, 5) is 26.6. The van der Waals surface area contributed by atoms with Crippen LogP contribution in [0.15, 0.2) is 41.5 Å². The van der Waals surface area contributed by atoms with Crippen molar-refractivity contribution in [3.63, 3.8) is 0 Å². The maximum absolute atomic E-state index is 15.1. The number of rotatable bonds is 4. The van der Waals surface area contributed by atoms with Crippen LogP contribution in [0.2, 0.25) is 0 Å². The van der Waals surface area contributed by atoms with Gasteiger partial charge in [0.2, 0.25) is 0 Å². The molecule has 1 aliphatic carbocycles. The van der Waals surface area contributed by atoms with Gasteiger partial charge in [0, 0.05) is 24.4 Å². The van der Waals surface area contributed by atoms with Crippen LogP contribution in [0.3, 0.4) is 0 Å². The number of nitrogens with zero attached hydrogens (tertiary/aromatic N) is 6. The molecule has 4 heterocycles. The lowest BCUT2D eigenvalue weighted by Crippen LogP contribution is -2.23. The average Bonchev–Trinajstić information content (AvgIpc) is 3.63. The van der Waals surface area contributed by atoms with Gasteiger partial charge >= 0.3 is 6.18 Å². The van der Waals surface area contributed by atoms with E-state index in [1.54, 1.807) is 13.1 Å². The van der Waals surface area contributed by atoms with Crippen molar-refractivity contribution in [3.8, 4) is 11.3 Å². The highest BCUT2D eigenvalue weighted by atomic mass is 19.4. The highest BCUT2D eigenvalue weighted by Gasteiger charge is 2.32. The minimum Gasteiger partial charge on any atom is -0.369 e. The molecule has 0 N–H and O–H groups in total. The van der Waals surface area contributed by atoms with Crippen molar-refractivity contribution in [3.05, 3.63) is 75.6 Å². The zero-order chi connectivity index (χ0) is 26.8. The third-order valence-corrected chi connectivity index (χ3v) is 6.88. The summed E-state index contributed by atoms with van der Waals surface area (Å²) >= 11 is 0.